The number of hydrogen-bond donors (Lipinski definition) is 3. The van der Waals surface area contributed by atoms with Gasteiger partial charge in [-0.15, -0.1) is 0 Å². The largest absolute Gasteiger partial charge is 0.394 e. The van der Waals surface area contributed by atoms with Crippen LogP contribution in [0.5, 0.6) is 0 Å². The van der Waals surface area contributed by atoms with Crippen LogP contribution in [0.2, 0.25) is 0 Å². The van der Waals surface area contributed by atoms with Gasteiger partial charge in [-0.2, -0.15) is 5.10 Å². The number of aromatic nitrogens is 2. The average molecular weight is 251 g/mol. The van der Waals surface area contributed by atoms with E-state index in [4.69, 9.17) is 5.73 Å². The van der Waals surface area contributed by atoms with Crippen LogP contribution in [0.1, 0.15) is 38.3 Å². The summed E-state index contributed by atoms with van der Waals surface area (Å²) < 4.78 is 1.69. The Kier molecular flexibility index (Phi) is 3.45. The highest BCUT2D eigenvalue weighted by atomic mass is 16.2. The van der Waals surface area contributed by atoms with Gasteiger partial charge in [-0.3, -0.25) is 9.48 Å². The number of aryl methyl sites for hydroxylation is 1. The molecule has 18 heavy (non-hydrogen) atoms. The molecule has 6 nitrogen and oxygen atoms in total. The maximum Gasteiger partial charge on any atom is 0.239 e. The minimum Gasteiger partial charge on any atom is -0.394 e. The van der Waals surface area contributed by atoms with Crippen LogP contribution in [-0.4, -0.2) is 28.3 Å². The van der Waals surface area contributed by atoms with Crippen molar-refractivity contribution in [1.82, 2.24) is 15.1 Å². The molecule has 0 aliphatic heterocycles. The summed E-state index contributed by atoms with van der Waals surface area (Å²) in [6, 6.07) is 0.384. The molecule has 1 amide bonds. The summed E-state index contributed by atoms with van der Waals surface area (Å²) in [5.74, 6) is 0.987. The zero-order valence-electron chi connectivity index (χ0n) is 11.2. The van der Waals surface area contributed by atoms with E-state index < -0.39 is 0 Å². The maximum absolute atomic E-state index is 11.6. The minimum absolute atomic E-state index is 0.00389. The maximum atomic E-state index is 11.6. The molecule has 0 unspecified atom stereocenters. The Morgan fingerprint density at radius 1 is 1.56 bits per heavy atom. The van der Waals surface area contributed by atoms with Crippen molar-refractivity contribution in [2.24, 2.45) is 7.05 Å². The van der Waals surface area contributed by atoms with Crippen molar-refractivity contribution in [3.8, 4) is 0 Å². The second kappa shape index (κ2) is 4.88. The fraction of sp³-hybridized carbons (Fsp3) is 0.667. The van der Waals surface area contributed by atoms with E-state index >= 15 is 0 Å². The summed E-state index contributed by atoms with van der Waals surface area (Å²) in [7, 11) is 1.82. The Morgan fingerprint density at radius 3 is 2.72 bits per heavy atom. The summed E-state index contributed by atoms with van der Waals surface area (Å²) in [5.41, 5.74) is 7.52. The van der Waals surface area contributed by atoms with Gasteiger partial charge in [0.1, 0.15) is 5.82 Å². The molecule has 0 radical (unpaired) electrons. The molecule has 0 spiro atoms. The van der Waals surface area contributed by atoms with Crippen LogP contribution in [0.4, 0.5) is 11.5 Å². The highest BCUT2D eigenvalue weighted by Crippen LogP contribution is 2.27. The highest BCUT2D eigenvalue weighted by Gasteiger charge is 2.23. The lowest BCUT2D eigenvalue weighted by Crippen LogP contribution is -2.31. The van der Waals surface area contributed by atoms with E-state index in [0.717, 1.165) is 18.5 Å². The Labute approximate surface area is 107 Å². The second-order valence-corrected chi connectivity index (χ2v) is 5.12. The zero-order chi connectivity index (χ0) is 13.3. The first-order chi connectivity index (χ1) is 8.49. The number of hydrogen-bond acceptors (Lipinski definition) is 4. The Bertz CT molecular complexity index is 448. The number of carbonyl (C=O) groups is 1. The van der Waals surface area contributed by atoms with E-state index in [1.165, 1.54) is 0 Å². The standard InChI is InChI=1S/C12H21N5O/c1-7(2)11-10(13)12(17(3)16-11)14-6-9(18)15-8-4-5-8/h7-8,14H,4-6,13H2,1-3H3,(H,15,18). The molecule has 6 heteroatoms. The third-order valence-electron chi connectivity index (χ3n) is 3.02. The van der Waals surface area contributed by atoms with Gasteiger partial charge >= 0.3 is 0 Å². The normalized spacial score (nSPS) is 14.9. The van der Waals surface area contributed by atoms with Gasteiger partial charge in [-0.25, -0.2) is 0 Å². The summed E-state index contributed by atoms with van der Waals surface area (Å²) >= 11 is 0. The van der Waals surface area contributed by atoms with Gasteiger partial charge in [0.2, 0.25) is 5.91 Å². The lowest BCUT2D eigenvalue weighted by molar-refractivity contribution is -0.119. The molecular formula is C12H21N5O. The van der Waals surface area contributed by atoms with E-state index in [1.54, 1.807) is 4.68 Å². The quantitative estimate of drug-likeness (QED) is 0.723. The molecule has 0 saturated heterocycles. The molecule has 1 saturated carbocycles. The van der Waals surface area contributed by atoms with Gasteiger partial charge < -0.3 is 16.4 Å². The third-order valence-corrected chi connectivity index (χ3v) is 3.02. The number of nitrogens with zero attached hydrogens (tertiary/aromatic N) is 2. The zero-order valence-corrected chi connectivity index (χ0v) is 11.2. The summed E-state index contributed by atoms with van der Waals surface area (Å²) in [4.78, 5) is 11.6. The van der Waals surface area contributed by atoms with Crippen LogP contribution in [0.25, 0.3) is 0 Å². The smallest absolute Gasteiger partial charge is 0.239 e. The molecule has 1 aromatic rings. The monoisotopic (exact) mass is 251 g/mol. The van der Waals surface area contributed by atoms with Gasteiger partial charge in [-0.05, 0) is 18.8 Å². The molecule has 0 atom stereocenters. The van der Waals surface area contributed by atoms with Crippen molar-refractivity contribution in [2.45, 2.75) is 38.6 Å². The van der Waals surface area contributed by atoms with Gasteiger partial charge in [0, 0.05) is 13.1 Å². The first-order valence-electron chi connectivity index (χ1n) is 6.34. The number of rotatable bonds is 5. The van der Waals surface area contributed by atoms with Crippen LogP contribution in [0.15, 0.2) is 0 Å². The van der Waals surface area contributed by atoms with Gasteiger partial charge in [0.25, 0.3) is 0 Å². The minimum atomic E-state index is 0.00389. The van der Waals surface area contributed by atoms with Crippen molar-refractivity contribution >= 4 is 17.4 Å². The van der Waals surface area contributed by atoms with E-state index in [0.29, 0.717) is 17.5 Å². The molecule has 1 fully saturated rings. The molecule has 1 heterocycles. The Hall–Kier alpha value is -1.72. The predicted molar refractivity (Wildman–Crippen MR) is 71.4 cm³/mol. The lowest BCUT2D eigenvalue weighted by atomic mass is 10.1. The first kappa shape index (κ1) is 12.7. The van der Waals surface area contributed by atoms with Crippen LogP contribution >= 0.6 is 0 Å². The molecule has 1 aliphatic carbocycles. The van der Waals surface area contributed by atoms with Crippen molar-refractivity contribution in [3.05, 3.63) is 5.69 Å². The highest BCUT2D eigenvalue weighted by molar-refractivity contribution is 5.82. The SMILES string of the molecule is CC(C)c1nn(C)c(NCC(=O)NC2CC2)c1N. The fourth-order valence-electron chi connectivity index (χ4n) is 1.87. The second-order valence-electron chi connectivity index (χ2n) is 5.12. The van der Waals surface area contributed by atoms with Gasteiger partial charge in [0.05, 0.1) is 17.9 Å². The number of amides is 1. The predicted octanol–water partition coefficient (Wildman–Crippen LogP) is 0.816. The van der Waals surface area contributed by atoms with E-state index in [-0.39, 0.29) is 18.4 Å². The van der Waals surface area contributed by atoms with Crippen LogP contribution in [-0.2, 0) is 11.8 Å². The number of nitrogen functional groups attached to an aromatic ring is 1. The molecule has 1 aliphatic rings. The summed E-state index contributed by atoms with van der Waals surface area (Å²) in [6.45, 7) is 4.32. The Balaban J connectivity index is 1.97. The van der Waals surface area contributed by atoms with Gasteiger partial charge in [-0.1, -0.05) is 13.8 Å². The third kappa shape index (κ3) is 2.75. The molecule has 0 bridgehead atoms. The molecule has 100 valence electrons. The first-order valence-corrected chi connectivity index (χ1v) is 6.34. The van der Waals surface area contributed by atoms with Gasteiger partial charge in [0.15, 0.2) is 0 Å². The van der Waals surface area contributed by atoms with E-state index in [1.807, 2.05) is 20.9 Å². The van der Waals surface area contributed by atoms with E-state index in [9.17, 15) is 4.79 Å². The molecule has 4 N–H and O–H groups in total. The molecule has 2 rings (SSSR count). The van der Waals surface area contributed by atoms with Crippen LogP contribution < -0.4 is 16.4 Å². The van der Waals surface area contributed by atoms with Crippen LogP contribution in [0.3, 0.4) is 0 Å². The van der Waals surface area contributed by atoms with Crippen LogP contribution in [0, 0.1) is 0 Å². The summed E-state index contributed by atoms with van der Waals surface area (Å²) in [5, 5.41) is 10.3. The lowest BCUT2D eigenvalue weighted by Gasteiger charge is -2.08. The van der Waals surface area contributed by atoms with Crippen molar-refractivity contribution in [1.29, 1.82) is 0 Å². The number of nitrogens with two attached hydrogens (primary N) is 1. The molecule has 1 aromatic heterocycles. The summed E-state index contributed by atoms with van der Waals surface area (Å²) in [6.07, 6.45) is 2.19. The number of carbonyl (C=O) groups excluding carboxylic acids is 1. The van der Waals surface area contributed by atoms with Crippen molar-refractivity contribution in [3.63, 3.8) is 0 Å². The average Bonchev–Trinajstić information content (AvgIpc) is 3.04. The number of nitrogens with one attached hydrogen (secondary N) is 2. The van der Waals surface area contributed by atoms with Crippen molar-refractivity contribution < 1.29 is 4.79 Å². The van der Waals surface area contributed by atoms with E-state index in [2.05, 4.69) is 15.7 Å². The molecule has 0 aromatic carbocycles. The Morgan fingerprint density at radius 2 is 2.22 bits per heavy atom. The van der Waals surface area contributed by atoms with Crippen molar-refractivity contribution in [2.75, 3.05) is 17.6 Å². The molecular weight excluding hydrogens is 230 g/mol. The fourth-order valence-corrected chi connectivity index (χ4v) is 1.87. The topological polar surface area (TPSA) is 85.0 Å². The number of anilines is 2.